The first kappa shape index (κ1) is 22.2. The van der Waals surface area contributed by atoms with Crippen molar-refractivity contribution in [3.05, 3.63) is 107 Å². The number of rotatable bonds is 6. The number of hydrogen-bond acceptors (Lipinski definition) is 2. The molecule has 0 aliphatic heterocycles. The van der Waals surface area contributed by atoms with Crippen LogP contribution in [0, 0.1) is 13.8 Å². The van der Waals surface area contributed by atoms with Crippen molar-refractivity contribution in [1.29, 1.82) is 0 Å². The van der Waals surface area contributed by atoms with E-state index in [-0.39, 0.29) is 0 Å². The van der Waals surface area contributed by atoms with E-state index in [9.17, 15) is 14.7 Å². The number of carboxylic acids is 1. The number of aliphatic carboxylic acids is 1. The summed E-state index contributed by atoms with van der Waals surface area (Å²) in [6.45, 7) is 3.73. The van der Waals surface area contributed by atoms with E-state index in [0.29, 0.717) is 18.4 Å². The summed E-state index contributed by atoms with van der Waals surface area (Å²) in [4.78, 5) is 23.7. The summed E-state index contributed by atoms with van der Waals surface area (Å²) in [6.07, 6.45) is 1.98. The number of carbonyl (C=O) groups is 2. The van der Waals surface area contributed by atoms with E-state index in [1.54, 1.807) is 0 Å². The molecule has 0 aliphatic carbocycles. The van der Waals surface area contributed by atoms with Gasteiger partial charge in [-0.1, -0.05) is 78.9 Å². The summed E-state index contributed by atoms with van der Waals surface area (Å²) < 4.78 is 0. The van der Waals surface area contributed by atoms with Crippen molar-refractivity contribution in [3.63, 3.8) is 0 Å². The van der Waals surface area contributed by atoms with Crippen molar-refractivity contribution in [2.75, 3.05) is 0 Å². The maximum absolute atomic E-state index is 12.3. The Morgan fingerprint density at radius 1 is 0.778 bits per heavy atom. The lowest BCUT2D eigenvalue weighted by Crippen LogP contribution is -2.14. The normalized spacial score (nSPS) is 12.6. The predicted molar refractivity (Wildman–Crippen MR) is 148 cm³/mol. The van der Waals surface area contributed by atoms with Crippen LogP contribution in [-0.2, 0) is 11.2 Å². The first-order valence-electron chi connectivity index (χ1n) is 12.3. The van der Waals surface area contributed by atoms with E-state index in [0.717, 1.165) is 28.5 Å². The van der Waals surface area contributed by atoms with Crippen LogP contribution in [0.3, 0.4) is 0 Å². The van der Waals surface area contributed by atoms with Gasteiger partial charge in [-0.2, -0.15) is 0 Å². The van der Waals surface area contributed by atoms with Crippen LogP contribution in [0.15, 0.2) is 78.9 Å². The molecule has 6 aromatic rings. The third-order valence-corrected chi connectivity index (χ3v) is 7.75. The Morgan fingerprint density at radius 3 is 1.94 bits per heavy atom. The second-order valence-corrected chi connectivity index (χ2v) is 9.83. The first-order valence-corrected chi connectivity index (χ1v) is 12.3. The zero-order valence-corrected chi connectivity index (χ0v) is 20.3. The van der Waals surface area contributed by atoms with E-state index in [4.69, 9.17) is 0 Å². The topological polar surface area (TPSA) is 54.4 Å². The minimum absolute atomic E-state index is 0.486. The first-order chi connectivity index (χ1) is 17.5. The molecule has 1 N–H and O–H groups in total. The van der Waals surface area contributed by atoms with Crippen LogP contribution in [0.5, 0.6) is 0 Å². The maximum Gasteiger partial charge on any atom is 0.310 e. The van der Waals surface area contributed by atoms with Crippen LogP contribution in [0.2, 0.25) is 0 Å². The molecule has 3 heteroatoms. The summed E-state index contributed by atoms with van der Waals surface area (Å²) in [5.41, 5.74) is 4.20. The number of carboxylic acid groups (broad SMARTS) is 1. The Hall–Kier alpha value is -4.24. The molecule has 0 radical (unpaired) electrons. The van der Waals surface area contributed by atoms with Gasteiger partial charge in [-0.15, -0.1) is 0 Å². The van der Waals surface area contributed by atoms with Crippen LogP contribution in [0.1, 0.15) is 45.0 Å². The average molecular weight is 471 g/mol. The summed E-state index contributed by atoms with van der Waals surface area (Å²) >= 11 is 0. The highest BCUT2D eigenvalue weighted by Gasteiger charge is 2.22. The van der Waals surface area contributed by atoms with Gasteiger partial charge < -0.3 is 5.11 Å². The minimum Gasteiger partial charge on any atom is -0.481 e. The Bertz CT molecular complexity index is 1740. The molecule has 6 aromatic carbocycles. The van der Waals surface area contributed by atoms with Crippen LogP contribution in [-0.4, -0.2) is 17.4 Å². The number of aldehydes is 1. The molecule has 0 aliphatic rings. The Balaban J connectivity index is 1.47. The molecule has 1 atom stereocenters. The van der Waals surface area contributed by atoms with Gasteiger partial charge in [0.25, 0.3) is 0 Å². The summed E-state index contributed by atoms with van der Waals surface area (Å²) in [7, 11) is 0. The number of benzene rings is 6. The Labute approximate surface area is 209 Å². The van der Waals surface area contributed by atoms with Crippen molar-refractivity contribution in [2.45, 2.75) is 32.6 Å². The molecular formula is C33H26O3. The number of carbonyl (C=O) groups excluding carboxylic acids is 1. The fourth-order valence-electron chi connectivity index (χ4n) is 6.05. The second kappa shape index (κ2) is 8.46. The molecule has 3 nitrogen and oxygen atoms in total. The number of hydrogen-bond donors (Lipinski definition) is 1. The quantitative estimate of drug-likeness (QED) is 0.153. The van der Waals surface area contributed by atoms with Crippen molar-refractivity contribution < 1.29 is 14.7 Å². The lowest BCUT2D eigenvalue weighted by Gasteiger charge is -2.18. The Morgan fingerprint density at radius 2 is 1.33 bits per heavy atom. The van der Waals surface area contributed by atoms with Gasteiger partial charge in [-0.3, -0.25) is 9.59 Å². The van der Waals surface area contributed by atoms with Crippen LogP contribution in [0.25, 0.3) is 43.1 Å². The van der Waals surface area contributed by atoms with Crippen LogP contribution >= 0.6 is 0 Å². The monoisotopic (exact) mass is 470 g/mol. The molecule has 176 valence electrons. The van der Waals surface area contributed by atoms with E-state index in [1.807, 2.05) is 26.0 Å². The number of aryl methyl sites for hydroxylation is 3. The van der Waals surface area contributed by atoms with Crippen molar-refractivity contribution in [1.82, 2.24) is 0 Å². The molecule has 0 saturated carbocycles. The van der Waals surface area contributed by atoms with Gasteiger partial charge in [-0.05, 0) is 92.0 Å². The molecule has 36 heavy (non-hydrogen) atoms. The molecule has 0 bridgehead atoms. The third kappa shape index (κ3) is 3.35. The van der Waals surface area contributed by atoms with Crippen molar-refractivity contribution in [3.8, 4) is 0 Å². The maximum atomic E-state index is 12.3. The SMILES string of the molecule is Cc1cc(C(CCc2ccc3c4cccc5cccc(c6cccc2c63)c54)C(=O)O)cc(C)c1C=O. The van der Waals surface area contributed by atoms with Gasteiger partial charge in [0.15, 0.2) is 6.29 Å². The van der Waals surface area contributed by atoms with E-state index in [2.05, 4.69) is 66.7 Å². The van der Waals surface area contributed by atoms with Gasteiger partial charge in [0.2, 0.25) is 0 Å². The smallest absolute Gasteiger partial charge is 0.310 e. The molecule has 6 rings (SSSR count). The molecule has 1 unspecified atom stereocenters. The van der Waals surface area contributed by atoms with E-state index >= 15 is 0 Å². The minimum atomic E-state index is -0.837. The largest absolute Gasteiger partial charge is 0.481 e. The van der Waals surface area contributed by atoms with E-state index in [1.165, 1.54) is 43.1 Å². The lowest BCUT2D eigenvalue weighted by atomic mass is 9.85. The van der Waals surface area contributed by atoms with Gasteiger partial charge in [0.05, 0.1) is 5.92 Å². The third-order valence-electron chi connectivity index (χ3n) is 7.75. The zero-order chi connectivity index (χ0) is 25.0. The highest BCUT2D eigenvalue weighted by Crippen LogP contribution is 2.41. The summed E-state index contributed by atoms with van der Waals surface area (Å²) in [5.74, 6) is -1.47. The van der Waals surface area contributed by atoms with Crippen molar-refractivity contribution in [2.24, 2.45) is 0 Å². The van der Waals surface area contributed by atoms with Gasteiger partial charge in [-0.25, -0.2) is 0 Å². The second-order valence-electron chi connectivity index (χ2n) is 9.83. The highest BCUT2D eigenvalue weighted by molar-refractivity contribution is 6.33. The van der Waals surface area contributed by atoms with Gasteiger partial charge in [0, 0.05) is 5.56 Å². The van der Waals surface area contributed by atoms with Crippen LogP contribution < -0.4 is 0 Å². The molecule has 0 heterocycles. The highest BCUT2D eigenvalue weighted by atomic mass is 16.4. The molecule has 0 saturated heterocycles. The summed E-state index contributed by atoms with van der Waals surface area (Å²) in [6, 6.07) is 27.5. The van der Waals surface area contributed by atoms with E-state index < -0.39 is 11.9 Å². The molecular weight excluding hydrogens is 444 g/mol. The predicted octanol–water partition coefficient (Wildman–Crippen LogP) is 7.97. The lowest BCUT2D eigenvalue weighted by molar-refractivity contribution is -0.138. The fraction of sp³-hybridized carbons (Fsp3) is 0.152. The average Bonchev–Trinajstić information content (AvgIpc) is 2.87. The molecule has 0 spiro atoms. The standard InChI is InChI=1S/C33H26O3/c1-19-16-23(17-20(2)30(19)18-34)25(33(35)36)14-12-21-13-15-29-27-10-4-7-22-6-3-9-26(31(22)27)28-11-5-8-24(21)32(28)29/h3-11,13,15-18,25H,12,14H2,1-2H3,(H,35,36). The molecule has 0 aromatic heterocycles. The number of fused-ring (bicyclic) bond motifs is 2. The van der Waals surface area contributed by atoms with Gasteiger partial charge in [0.1, 0.15) is 0 Å². The van der Waals surface area contributed by atoms with Crippen molar-refractivity contribution >= 4 is 55.3 Å². The fourth-order valence-corrected chi connectivity index (χ4v) is 6.05. The molecule has 0 fully saturated rings. The van der Waals surface area contributed by atoms with Crippen LogP contribution in [0.4, 0.5) is 0 Å². The summed E-state index contributed by atoms with van der Waals surface area (Å²) in [5, 5.41) is 20.0. The molecule has 0 amide bonds. The zero-order valence-electron chi connectivity index (χ0n) is 20.3. The van der Waals surface area contributed by atoms with Gasteiger partial charge >= 0.3 is 5.97 Å². The Kier molecular flexibility index (Phi) is 5.22.